The molecule has 0 bridgehead atoms. The number of benzene rings is 1. The van der Waals surface area contributed by atoms with Crippen molar-refractivity contribution in [1.29, 1.82) is 0 Å². The number of carbonyl (C=O) groups is 2. The number of carboxylic acids is 1. The molecule has 2 aromatic heterocycles. The van der Waals surface area contributed by atoms with Crippen molar-refractivity contribution in [3.05, 3.63) is 53.5 Å². The van der Waals surface area contributed by atoms with Crippen LogP contribution in [0.25, 0.3) is 10.9 Å². The van der Waals surface area contributed by atoms with Crippen LogP contribution < -0.4 is 5.32 Å². The minimum absolute atomic E-state index is 0.164. The standard InChI is InChI=1S/C15H14N4O3/c20-14(12-6-8-17-19-12)16-7-5-10-9-3-1-2-4-11(9)18-13(10)15(21)22/h1-4,6,8,18H,5,7H2,(H,16,20)(H,17,19)(H,21,22). The van der Waals surface area contributed by atoms with Crippen LogP contribution in [0.1, 0.15) is 26.5 Å². The molecule has 0 aliphatic heterocycles. The number of para-hydroxylation sites is 1. The third-order valence-corrected chi connectivity index (χ3v) is 3.43. The number of carbonyl (C=O) groups excluding carboxylic acids is 1. The summed E-state index contributed by atoms with van der Waals surface area (Å²) in [5.41, 5.74) is 2.00. The molecule has 0 saturated carbocycles. The summed E-state index contributed by atoms with van der Waals surface area (Å²) in [6.45, 7) is 0.333. The van der Waals surface area contributed by atoms with E-state index >= 15 is 0 Å². The van der Waals surface area contributed by atoms with E-state index in [1.807, 2.05) is 24.3 Å². The first kappa shape index (κ1) is 13.9. The van der Waals surface area contributed by atoms with E-state index in [1.165, 1.54) is 6.20 Å². The first-order chi connectivity index (χ1) is 10.7. The van der Waals surface area contributed by atoms with Gasteiger partial charge in [-0.05, 0) is 24.1 Å². The highest BCUT2D eigenvalue weighted by Crippen LogP contribution is 2.22. The number of nitrogens with one attached hydrogen (secondary N) is 3. The SMILES string of the molecule is O=C(NCCc1c(C(=O)O)[nH]c2ccccc12)c1ccn[nH]1. The van der Waals surface area contributed by atoms with Gasteiger partial charge in [0.2, 0.25) is 0 Å². The first-order valence-electron chi connectivity index (χ1n) is 6.77. The normalized spacial score (nSPS) is 10.7. The predicted molar refractivity (Wildman–Crippen MR) is 79.9 cm³/mol. The van der Waals surface area contributed by atoms with Gasteiger partial charge in [-0.2, -0.15) is 5.10 Å². The van der Waals surface area contributed by atoms with Crippen molar-refractivity contribution in [1.82, 2.24) is 20.5 Å². The van der Waals surface area contributed by atoms with Crippen LogP contribution in [-0.2, 0) is 6.42 Å². The van der Waals surface area contributed by atoms with E-state index in [2.05, 4.69) is 20.5 Å². The lowest BCUT2D eigenvalue weighted by molar-refractivity contribution is 0.0690. The van der Waals surface area contributed by atoms with Crippen molar-refractivity contribution >= 4 is 22.8 Å². The largest absolute Gasteiger partial charge is 0.477 e. The van der Waals surface area contributed by atoms with Crippen molar-refractivity contribution in [2.24, 2.45) is 0 Å². The molecule has 22 heavy (non-hydrogen) atoms. The molecule has 7 nitrogen and oxygen atoms in total. The van der Waals surface area contributed by atoms with Gasteiger partial charge in [-0.1, -0.05) is 18.2 Å². The Labute approximate surface area is 125 Å². The Kier molecular flexibility index (Phi) is 3.61. The maximum Gasteiger partial charge on any atom is 0.352 e. The topological polar surface area (TPSA) is 111 Å². The van der Waals surface area contributed by atoms with Gasteiger partial charge < -0.3 is 15.4 Å². The minimum atomic E-state index is -1.01. The Morgan fingerprint density at radius 2 is 2.05 bits per heavy atom. The Hall–Kier alpha value is -3.09. The molecule has 0 atom stereocenters. The van der Waals surface area contributed by atoms with Crippen molar-refractivity contribution in [3.8, 4) is 0 Å². The quantitative estimate of drug-likeness (QED) is 0.572. The van der Waals surface area contributed by atoms with Gasteiger partial charge in [0, 0.05) is 23.6 Å². The maximum atomic E-state index is 11.8. The first-order valence-corrected chi connectivity index (χ1v) is 6.77. The van der Waals surface area contributed by atoms with E-state index in [-0.39, 0.29) is 11.6 Å². The van der Waals surface area contributed by atoms with Crippen LogP contribution in [0.3, 0.4) is 0 Å². The van der Waals surface area contributed by atoms with Gasteiger partial charge in [0.15, 0.2) is 0 Å². The molecular weight excluding hydrogens is 284 g/mol. The summed E-state index contributed by atoms with van der Waals surface area (Å²) in [7, 11) is 0. The molecule has 3 rings (SSSR count). The fourth-order valence-electron chi connectivity index (χ4n) is 2.42. The second-order valence-electron chi connectivity index (χ2n) is 4.81. The molecule has 2 heterocycles. The molecule has 0 aliphatic rings. The number of carboxylic acid groups (broad SMARTS) is 1. The molecule has 1 aromatic carbocycles. The average Bonchev–Trinajstić information content (AvgIpc) is 3.15. The lowest BCUT2D eigenvalue weighted by Crippen LogP contribution is -2.26. The number of hydrogen-bond donors (Lipinski definition) is 4. The van der Waals surface area contributed by atoms with E-state index in [9.17, 15) is 14.7 Å². The van der Waals surface area contributed by atoms with Crippen LogP contribution in [0.15, 0.2) is 36.5 Å². The predicted octanol–water partition coefficient (Wildman–Crippen LogP) is 1.56. The summed E-state index contributed by atoms with van der Waals surface area (Å²) in [6.07, 6.45) is 1.92. The van der Waals surface area contributed by atoms with Gasteiger partial charge in [-0.15, -0.1) is 0 Å². The lowest BCUT2D eigenvalue weighted by Gasteiger charge is -2.04. The molecule has 112 valence electrons. The van der Waals surface area contributed by atoms with Crippen molar-refractivity contribution < 1.29 is 14.7 Å². The van der Waals surface area contributed by atoms with Gasteiger partial charge in [0.1, 0.15) is 11.4 Å². The molecule has 0 radical (unpaired) electrons. The van der Waals surface area contributed by atoms with E-state index in [1.54, 1.807) is 6.07 Å². The molecule has 0 unspecified atom stereocenters. The molecule has 1 amide bonds. The number of hydrogen-bond acceptors (Lipinski definition) is 3. The molecule has 0 spiro atoms. The fourth-order valence-corrected chi connectivity index (χ4v) is 2.42. The zero-order valence-corrected chi connectivity index (χ0v) is 11.6. The second-order valence-corrected chi connectivity index (χ2v) is 4.81. The highest BCUT2D eigenvalue weighted by atomic mass is 16.4. The molecule has 3 aromatic rings. The molecule has 7 heteroatoms. The van der Waals surface area contributed by atoms with E-state index < -0.39 is 5.97 Å². The van der Waals surface area contributed by atoms with Crippen molar-refractivity contribution in [2.45, 2.75) is 6.42 Å². The number of H-pyrrole nitrogens is 2. The molecule has 0 saturated heterocycles. The summed E-state index contributed by atoms with van der Waals surface area (Å²) >= 11 is 0. The van der Waals surface area contributed by atoms with Gasteiger partial charge in [-0.3, -0.25) is 9.89 Å². The smallest absolute Gasteiger partial charge is 0.352 e. The number of aromatic nitrogens is 3. The Morgan fingerprint density at radius 3 is 2.77 bits per heavy atom. The third kappa shape index (κ3) is 2.56. The van der Waals surface area contributed by atoms with E-state index in [0.717, 1.165) is 10.9 Å². The summed E-state index contributed by atoms with van der Waals surface area (Å²) in [5.74, 6) is -1.28. The van der Waals surface area contributed by atoms with Crippen molar-refractivity contribution in [2.75, 3.05) is 6.54 Å². The van der Waals surface area contributed by atoms with E-state index in [0.29, 0.717) is 24.2 Å². The summed E-state index contributed by atoms with van der Waals surface area (Å²) in [6, 6.07) is 8.96. The minimum Gasteiger partial charge on any atom is -0.477 e. The Bertz CT molecular complexity index is 821. The van der Waals surface area contributed by atoms with Crippen LogP contribution >= 0.6 is 0 Å². The maximum absolute atomic E-state index is 11.8. The van der Waals surface area contributed by atoms with Crippen LogP contribution in [0, 0.1) is 0 Å². The summed E-state index contributed by atoms with van der Waals surface area (Å²) in [5, 5.41) is 19.2. The van der Waals surface area contributed by atoms with Crippen LogP contribution in [0.4, 0.5) is 0 Å². The Morgan fingerprint density at radius 1 is 1.23 bits per heavy atom. The summed E-state index contributed by atoms with van der Waals surface area (Å²) in [4.78, 5) is 26.1. The highest BCUT2D eigenvalue weighted by molar-refractivity contribution is 5.97. The molecular formula is C15H14N4O3. The van der Waals surface area contributed by atoms with Crippen molar-refractivity contribution in [3.63, 3.8) is 0 Å². The van der Waals surface area contributed by atoms with Crippen LogP contribution in [0.2, 0.25) is 0 Å². The van der Waals surface area contributed by atoms with Gasteiger partial charge in [-0.25, -0.2) is 4.79 Å². The number of rotatable bonds is 5. The third-order valence-electron chi connectivity index (χ3n) is 3.43. The zero-order chi connectivity index (χ0) is 15.5. The summed E-state index contributed by atoms with van der Waals surface area (Å²) < 4.78 is 0. The number of aromatic amines is 2. The second kappa shape index (κ2) is 5.72. The molecule has 4 N–H and O–H groups in total. The molecule has 0 fully saturated rings. The average molecular weight is 298 g/mol. The fraction of sp³-hybridized carbons (Fsp3) is 0.133. The van der Waals surface area contributed by atoms with Gasteiger partial charge in [0.25, 0.3) is 5.91 Å². The van der Waals surface area contributed by atoms with Crippen LogP contribution in [0.5, 0.6) is 0 Å². The highest BCUT2D eigenvalue weighted by Gasteiger charge is 2.16. The number of fused-ring (bicyclic) bond motifs is 1. The monoisotopic (exact) mass is 298 g/mol. The number of aromatic carboxylic acids is 1. The van der Waals surface area contributed by atoms with Gasteiger partial charge >= 0.3 is 5.97 Å². The van der Waals surface area contributed by atoms with Gasteiger partial charge in [0.05, 0.1) is 0 Å². The lowest BCUT2D eigenvalue weighted by atomic mass is 10.1. The number of amides is 1. The zero-order valence-electron chi connectivity index (χ0n) is 11.6. The van der Waals surface area contributed by atoms with E-state index in [4.69, 9.17) is 0 Å². The molecule has 0 aliphatic carbocycles. The number of nitrogens with zero attached hydrogens (tertiary/aromatic N) is 1. The van der Waals surface area contributed by atoms with Crippen LogP contribution in [-0.4, -0.2) is 38.7 Å². The Balaban J connectivity index is 1.77.